The van der Waals surface area contributed by atoms with Crippen LogP contribution < -0.4 is 0 Å². The molecule has 0 amide bonds. The highest BCUT2D eigenvalue weighted by atomic mass is 16.5. The Bertz CT molecular complexity index is 834. The van der Waals surface area contributed by atoms with Gasteiger partial charge < -0.3 is 4.74 Å². The molecule has 1 aromatic carbocycles. The SMILES string of the molecule is CCCCc1c(C(=O)OC)cnn1-c1cccc2ncccc12. The number of methoxy groups -OCH3 is 1. The minimum absolute atomic E-state index is 0.347. The number of esters is 1. The molecule has 0 saturated heterocycles. The lowest BCUT2D eigenvalue weighted by Crippen LogP contribution is -2.09. The Morgan fingerprint density at radius 1 is 1.26 bits per heavy atom. The van der Waals surface area contributed by atoms with Gasteiger partial charge in [-0.3, -0.25) is 4.98 Å². The first kappa shape index (κ1) is 15.2. The number of ether oxygens (including phenoxy) is 1. The molecule has 0 bridgehead atoms. The number of fused-ring (bicyclic) bond motifs is 1. The van der Waals surface area contributed by atoms with Crippen molar-refractivity contribution in [1.29, 1.82) is 0 Å². The van der Waals surface area contributed by atoms with E-state index >= 15 is 0 Å². The Morgan fingerprint density at radius 2 is 2.13 bits per heavy atom. The van der Waals surface area contributed by atoms with Crippen molar-refractivity contribution < 1.29 is 9.53 Å². The molecule has 3 aromatic rings. The second kappa shape index (κ2) is 6.60. The lowest BCUT2D eigenvalue weighted by molar-refractivity contribution is 0.0599. The number of hydrogen-bond acceptors (Lipinski definition) is 4. The van der Waals surface area contributed by atoms with Crippen LogP contribution in [0.3, 0.4) is 0 Å². The van der Waals surface area contributed by atoms with Crippen LogP contribution in [0.4, 0.5) is 0 Å². The van der Waals surface area contributed by atoms with Gasteiger partial charge in [-0.25, -0.2) is 9.48 Å². The molecule has 0 N–H and O–H groups in total. The van der Waals surface area contributed by atoms with Crippen LogP contribution in [-0.2, 0) is 11.2 Å². The second-order valence-electron chi connectivity index (χ2n) is 5.36. The molecule has 0 aliphatic rings. The standard InChI is InChI=1S/C18H19N3O2/c1-3-4-9-17-14(18(22)23-2)12-20-21(17)16-10-5-8-15-13(16)7-6-11-19-15/h5-8,10-12H,3-4,9H2,1-2H3. The van der Waals surface area contributed by atoms with Crippen LogP contribution in [0.1, 0.15) is 35.8 Å². The van der Waals surface area contributed by atoms with Crippen LogP contribution in [0.2, 0.25) is 0 Å². The number of nitrogens with zero attached hydrogens (tertiary/aromatic N) is 3. The zero-order valence-electron chi connectivity index (χ0n) is 13.3. The Balaban J connectivity index is 2.18. The predicted molar refractivity (Wildman–Crippen MR) is 88.8 cm³/mol. The maximum absolute atomic E-state index is 12.0. The lowest BCUT2D eigenvalue weighted by atomic mass is 10.1. The molecule has 0 radical (unpaired) electrons. The first-order chi connectivity index (χ1) is 11.3. The van der Waals surface area contributed by atoms with Gasteiger partial charge >= 0.3 is 5.97 Å². The summed E-state index contributed by atoms with van der Waals surface area (Å²) >= 11 is 0. The highest BCUT2D eigenvalue weighted by molar-refractivity contribution is 5.91. The predicted octanol–water partition coefficient (Wildman–Crippen LogP) is 3.55. The van der Waals surface area contributed by atoms with Crippen molar-refractivity contribution >= 4 is 16.9 Å². The Kier molecular flexibility index (Phi) is 4.37. The van der Waals surface area contributed by atoms with Gasteiger partial charge in [0.05, 0.1) is 30.2 Å². The Hall–Kier alpha value is -2.69. The number of carbonyl (C=O) groups is 1. The smallest absolute Gasteiger partial charge is 0.341 e. The normalized spacial score (nSPS) is 10.9. The van der Waals surface area contributed by atoms with Crippen LogP contribution in [0, 0.1) is 0 Å². The van der Waals surface area contributed by atoms with Gasteiger partial charge in [0.25, 0.3) is 0 Å². The van der Waals surface area contributed by atoms with E-state index in [1.807, 2.05) is 35.0 Å². The van der Waals surface area contributed by atoms with Gasteiger partial charge in [0, 0.05) is 11.6 Å². The van der Waals surface area contributed by atoms with Gasteiger partial charge in [0.2, 0.25) is 0 Å². The minimum atomic E-state index is -0.347. The zero-order valence-corrected chi connectivity index (χ0v) is 13.3. The number of benzene rings is 1. The summed E-state index contributed by atoms with van der Waals surface area (Å²) in [4.78, 5) is 16.4. The van der Waals surface area contributed by atoms with E-state index in [4.69, 9.17) is 4.74 Å². The highest BCUT2D eigenvalue weighted by Crippen LogP contribution is 2.24. The van der Waals surface area contributed by atoms with Crippen molar-refractivity contribution in [3.63, 3.8) is 0 Å². The molecule has 2 aromatic heterocycles. The molecule has 5 nitrogen and oxygen atoms in total. The molecule has 5 heteroatoms. The average Bonchev–Trinajstić information content (AvgIpc) is 3.02. The van der Waals surface area contributed by atoms with Crippen LogP contribution in [0.5, 0.6) is 0 Å². The molecule has 23 heavy (non-hydrogen) atoms. The number of unbranched alkanes of at least 4 members (excludes halogenated alkanes) is 1. The third-order valence-corrected chi connectivity index (χ3v) is 3.89. The van der Waals surface area contributed by atoms with Crippen molar-refractivity contribution in [2.75, 3.05) is 7.11 Å². The van der Waals surface area contributed by atoms with Crippen LogP contribution in [0.15, 0.2) is 42.7 Å². The van der Waals surface area contributed by atoms with E-state index in [-0.39, 0.29) is 5.97 Å². The largest absolute Gasteiger partial charge is 0.465 e. The maximum atomic E-state index is 12.0. The Morgan fingerprint density at radius 3 is 2.91 bits per heavy atom. The van der Waals surface area contributed by atoms with E-state index in [9.17, 15) is 4.79 Å². The molecule has 0 atom stereocenters. The number of carbonyl (C=O) groups excluding carboxylic acids is 1. The fourth-order valence-electron chi connectivity index (χ4n) is 2.72. The number of rotatable bonds is 5. The summed E-state index contributed by atoms with van der Waals surface area (Å²) in [6.45, 7) is 2.13. The molecule has 118 valence electrons. The fraction of sp³-hybridized carbons (Fsp3) is 0.278. The molecule has 0 spiro atoms. The molecule has 0 unspecified atom stereocenters. The van der Waals surface area contributed by atoms with Crippen molar-refractivity contribution in [2.45, 2.75) is 26.2 Å². The number of aromatic nitrogens is 3. The third-order valence-electron chi connectivity index (χ3n) is 3.89. The summed E-state index contributed by atoms with van der Waals surface area (Å²) in [6, 6.07) is 9.83. The molecular formula is C18H19N3O2. The van der Waals surface area contributed by atoms with Gasteiger partial charge in [0.15, 0.2) is 0 Å². The summed E-state index contributed by atoms with van der Waals surface area (Å²) in [5, 5.41) is 5.45. The minimum Gasteiger partial charge on any atom is -0.465 e. The summed E-state index contributed by atoms with van der Waals surface area (Å²) < 4.78 is 6.73. The monoisotopic (exact) mass is 309 g/mol. The first-order valence-electron chi connectivity index (χ1n) is 7.75. The molecule has 0 aliphatic carbocycles. The van der Waals surface area contributed by atoms with Crippen LogP contribution >= 0.6 is 0 Å². The summed E-state index contributed by atoms with van der Waals surface area (Å²) in [7, 11) is 1.39. The molecule has 3 rings (SSSR count). The van der Waals surface area contributed by atoms with E-state index in [2.05, 4.69) is 17.0 Å². The molecule has 0 saturated carbocycles. The topological polar surface area (TPSA) is 57.0 Å². The fourth-order valence-corrected chi connectivity index (χ4v) is 2.72. The quantitative estimate of drug-likeness (QED) is 0.676. The van der Waals surface area contributed by atoms with Gasteiger partial charge in [-0.1, -0.05) is 19.4 Å². The van der Waals surface area contributed by atoms with Crippen LogP contribution in [-0.4, -0.2) is 27.8 Å². The number of hydrogen-bond donors (Lipinski definition) is 0. The zero-order chi connectivity index (χ0) is 16.2. The highest BCUT2D eigenvalue weighted by Gasteiger charge is 2.19. The summed E-state index contributed by atoms with van der Waals surface area (Å²) in [6.07, 6.45) is 6.16. The van der Waals surface area contributed by atoms with Crippen molar-refractivity contribution in [1.82, 2.24) is 14.8 Å². The Labute approximate surface area is 134 Å². The summed E-state index contributed by atoms with van der Waals surface area (Å²) in [5.74, 6) is -0.347. The van der Waals surface area contributed by atoms with Crippen molar-refractivity contribution in [3.05, 3.63) is 54.0 Å². The van der Waals surface area contributed by atoms with Gasteiger partial charge in [-0.15, -0.1) is 0 Å². The molecule has 2 heterocycles. The number of pyridine rings is 1. The van der Waals surface area contributed by atoms with E-state index in [1.54, 1.807) is 12.4 Å². The van der Waals surface area contributed by atoms with Gasteiger partial charge in [0.1, 0.15) is 5.56 Å². The molecule has 0 fully saturated rings. The van der Waals surface area contributed by atoms with Gasteiger partial charge in [-0.05, 0) is 37.1 Å². The van der Waals surface area contributed by atoms with E-state index in [0.717, 1.165) is 41.5 Å². The van der Waals surface area contributed by atoms with Crippen LogP contribution in [0.25, 0.3) is 16.6 Å². The van der Waals surface area contributed by atoms with E-state index in [0.29, 0.717) is 5.56 Å². The van der Waals surface area contributed by atoms with Crippen molar-refractivity contribution in [2.24, 2.45) is 0 Å². The van der Waals surface area contributed by atoms with E-state index in [1.165, 1.54) is 7.11 Å². The first-order valence-corrected chi connectivity index (χ1v) is 7.75. The average molecular weight is 309 g/mol. The molecule has 0 aliphatic heterocycles. The van der Waals surface area contributed by atoms with E-state index < -0.39 is 0 Å². The third kappa shape index (κ3) is 2.82. The second-order valence-corrected chi connectivity index (χ2v) is 5.36. The lowest BCUT2D eigenvalue weighted by Gasteiger charge is -2.11. The van der Waals surface area contributed by atoms with Crippen molar-refractivity contribution in [3.8, 4) is 5.69 Å². The summed E-state index contributed by atoms with van der Waals surface area (Å²) in [5.41, 5.74) is 3.25. The molecular weight excluding hydrogens is 290 g/mol. The maximum Gasteiger partial charge on any atom is 0.341 e. The van der Waals surface area contributed by atoms with Gasteiger partial charge in [-0.2, -0.15) is 5.10 Å².